The van der Waals surface area contributed by atoms with E-state index >= 15 is 0 Å². The number of hydrogen-bond acceptors (Lipinski definition) is 4. The maximum atomic E-state index is 12.8. The molecule has 0 bridgehead atoms. The summed E-state index contributed by atoms with van der Waals surface area (Å²) in [7, 11) is 3.69. The van der Waals surface area contributed by atoms with E-state index in [9.17, 15) is 9.59 Å². The lowest BCUT2D eigenvalue weighted by molar-refractivity contribution is -0.205. The van der Waals surface area contributed by atoms with Crippen LogP contribution in [0.2, 0.25) is 0 Å². The van der Waals surface area contributed by atoms with Crippen LogP contribution in [0.3, 0.4) is 0 Å². The molecule has 1 saturated carbocycles. The van der Waals surface area contributed by atoms with Gasteiger partial charge in [-0.2, -0.15) is 0 Å². The van der Waals surface area contributed by atoms with Crippen molar-refractivity contribution in [3.05, 3.63) is 36.5 Å². The van der Waals surface area contributed by atoms with E-state index in [0.717, 1.165) is 51.5 Å². The summed E-state index contributed by atoms with van der Waals surface area (Å²) in [6.45, 7) is 7.32. The first-order valence-electron chi connectivity index (χ1n) is 11.4. The molecule has 2 amide bonds. The molecule has 170 valence electrons. The molecule has 1 aliphatic carbocycles. The Hall–Kier alpha value is -1.92. The molecule has 0 radical (unpaired) electrons. The summed E-state index contributed by atoms with van der Waals surface area (Å²) in [6, 6.07) is 0.155. The van der Waals surface area contributed by atoms with Gasteiger partial charge >= 0.3 is 0 Å². The highest BCUT2D eigenvalue weighted by molar-refractivity contribution is 5.96. The average Bonchev–Trinajstić information content (AvgIpc) is 2.77. The van der Waals surface area contributed by atoms with Gasteiger partial charge in [-0.15, -0.1) is 0 Å². The molecule has 0 aliphatic heterocycles. The normalized spacial score (nSPS) is 15.4. The highest BCUT2D eigenvalue weighted by atomic mass is 16.7. The van der Waals surface area contributed by atoms with Gasteiger partial charge in [-0.3, -0.25) is 14.4 Å². The Bertz CT molecular complexity index is 580. The van der Waals surface area contributed by atoms with Gasteiger partial charge in [0, 0.05) is 25.6 Å². The fourth-order valence-electron chi connectivity index (χ4n) is 3.59. The van der Waals surface area contributed by atoms with Crippen LogP contribution in [-0.2, 0) is 14.4 Å². The Kier molecular flexibility index (Phi) is 13.8. The van der Waals surface area contributed by atoms with Crippen LogP contribution >= 0.6 is 0 Å². The molecule has 0 unspecified atom stereocenters. The van der Waals surface area contributed by atoms with Crippen molar-refractivity contribution in [1.29, 1.82) is 0 Å². The average molecular weight is 420 g/mol. The summed E-state index contributed by atoms with van der Waals surface area (Å²) in [6.07, 6.45) is 16.0. The standard InChI is InChI=1S/C24H41N3O3/c1-5-7-14-21(6-2)24(29)26(4)19-20-30-27(22-15-10-8-11-16-22)23(28)17-12-9-13-18-25-3/h5-7,14,22,25H,2,8-13,15-20H2,1,3-4H3/b7-5-,21-14+. The number of carbonyl (C=O) groups is 2. The smallest absolute Gasteiger partial charge is 0.253 e. The number of amides is 2. The lowest BCUT2D eigenvalue weighted by Gasteiger charge is -2.33. The number of likely N-dealkylation sites (N-methyl/N-ethyl adjacent to an activating group) is 1. The lowest BCUT2D eigenvalue weighted by atomic mass is 9.95. The number of hydrogen-bond donors (Lipinski definition) is 1. The predicted octanol–water partition coefficient (Wildman–Crippen LogP) is 4.01. The van der Waals surface area contributed by atoms with Crippen molar-refractivity contribution in [3.8, 4) is 0 Å². The Morgan fingerprint density at radius 3 is 2.53 bits per heavy atom. The van der Waals surface area contributed by atoms with Gasteiger partial charge in [-0.05, 0) is 52.3 Å². The Morgan fingerprint density at radius 2 is 1.90 bits per heavy atom. The van der Waals surface area contributed by atoms with Crippen molar-refractivity contribution in [2.45, 2.75) is 70.8 Å². The van der Waals surface area contributed by atoms with Crippen LogP contribution < -0.4 is 5.32 Å². The van der Waals surface area contributed by atoms with Crippen LogP contribution in [0.4, 0.5) is 0 Å². The van der Waals surface area contributed by atoms with E-state index in [-0.39, 0.29) is 17.9 Å². The molecule has 6 nitrogen and oxygen atoms in total. The molecule has 1 rings (SSSR count). The Labute approximate surface area is 183 Å². The molecular formula is C24H41N3O3. The van der Waals surface area contributed by atoms with Crippen molar-refractivity contribution in [2.24, 2.45) is 0 Å². The summed E-state index contributed by atoms with van der Waals surface area (Å²) in [5.41, 5.74) is 0.539. The highest BCUT2D eigenvalue weighted by Crippen LogP contribution is 2.24. The number of nitrogens with one attached hydrogen (secondary N) is 1. The molecule has 0 aromatic carbocycles. The van der Waals surface area contributed by atoms with E-state index in [0.29, 0.717) is 25.1 Å². The van der Waals surface area contributed by atoms with E-state index in [4.69, 9.17) is 4.84 Å². The monoisotopic (exact) mass is 419 g/mol. The minimum atomic E-state index is -0.105. The van der Waals surface area contributed by atoms with Gasteiger partial charge < -0.3 is 10.2 Å². The molecule has 0 heterocycles. The van der Waals surface area contributed by atoms with Gasteiger partial charge in [0.05, 0.1) is 12.6 Å². The summed E-state index contributed by atoms with van der Waals surface area (Å²) in [5, 5.41) is 4.76. The molecule has 0 spiro atoms. The van der Waals surface area contributed by atoms with E-state index in [1.54, 1.807) is 29.2 Å². The summed E-state index contributed by atoms with van der Waals surface area (Å²) in [4.78, 5) is 32.9. The highest BCUT2D eigenvalue weighted by Gasteiger charge is 2.26. The van der Waals surface area contributed by atoms with Gasteiger partial charge in [-0.1, -0.05) is 50.5 Å². The fraction of sp³-hybridized carbons (Fsp3) is 0.667. The molecule has 1 aliphatic rings. The van der Waals surface area contributed by atoms with Crippen molar-refractivity contribution >= 4 is 11.8 Å². The zero-order valence-corrected chi connectivity index (χ0v) is 19.2. The lowest BCUT2D eigenvalue weighted by Crippen LogP contribution is -2.43. The molecule has 0 aromatic rings. The topological polar surface area (TPSA) is 61.9 Å². The molecule has 30 heavy (non-hydrogen) atoms. The Morgan fingerprint density at radius 1 is 1.17 bits per heavy atom. The first-order valence-corrected chi connectivity index (χ1v) is 11.4. The first-order chi connectivity index (χ1) is 14.5. The van der Waals surface area contributed by atoms with Crippen LogP contribution in [0.15, 0.2) is 36.5 Å². The minimum absolute atomic E-state index is 0.0695. The fourth-order valence-corrected chi connectivity index (χ4v) is 3.59. The summed E-state index contributed by atoms with van der Waals surface area (Å²) >= 11 is 0. The van der Waals surface area contributed by atoms with Gasteiger partial charge in [-0.25, -0.2) is 5.06 Å². The second-order valence-electron chi connectivity index (χ2n) is 7.84. The third-order valence-corrected chi connectivity index (χ3v) is 5.41. The van der Waals surface area contributed by atoms with Crippen LogP contribution in [0.5, 0.6) is 0 Å². The van der Waals surface area contributed by atoms with E-state index < -0.39 is 0 Å². The molecule has 1 N–H and O–H groups in total. The quantitative estimate of drug-likeness (QED) is 0.200. The summed E-state index contributed by atoms with van der Waals surface area (Å²) in [5.74, 6) is -0.0353. The third-order valence-electron chi connectivity index (χ3n) is 5.41. The molecule has 0 saturated heterocycles. The maximum absolute atomic E-state index is 12.8. The molecule has 1 fully saturated rings. The number of allylic oxidation sites excluding steroid dienone is 3. The largest absolute Gasteiger partial charge is 0.339 e. The maximum Gasteiger partial charge on any atom is 0.253 e. The van der Waals surface area contributed by atoms with Gasteiger partial charge in [0.1, 0.15) is 0 Å². The number of hydroxylamine groups is 2. The molecule has 0 aromatic heterocycles. The third kappa shape index (κ3) is 9.72. The number of nitrogens with zero attached hydrogens (tertiary/aromatic N) is 2. The van der Waals surface area contributed by atoms with Crippen LogP contribution in [0.25, 0.3) is 0 Å². The zero-order valence-electron chi connectivity index (χ0n) is 19.2. The van der Waals surface area contributed by atoms with E-state index in [1.807, 2.05) is 26.1 Å². The first kappa shape index (κ1) is 26.1. The van der Waals surface area contributed by atoms with E-state index in [2.05, 4.69) is 11.9 Å². The van der Waals surface area contributed by atoms with Gasteiger partial charge in [0.15, 0.2) is 0 Å². The van der Waals surface area contributed by atoms with Crippen LogP contribution in [-0.4, -0.2) is 61.6 Å². The summed E-state index contributed by atoms with van der Waals surface area (Å²) < 4.78 is 0. The zero-order chi connectivity index (χ0) is 22.2. The van der Waals surface area contributed by atoms with Crippen LogP contribution in [0.1, 0.15) is 64.7 Å². The second kappa shape index (κ2) is 15.9. The minimum Gasteiger partial charge on any atom is -0.339 e. The molecule has 0 atom stereocenters. The van der Waals surface area contributed by atoms with E-state index in [1.165, 1.54) is 6.42 Å². The number of rotatable bonds is 14. The predicted molar refractivity (Wildman–Crippen MR) is 123 cm³/mol. The molecular weight excluding hydrogens is 378 g/mol. The number of carbonyl (C=O) groups excluding carboxylic acids is 2. The van der Waals surface area contributed by atoms with Crippen molar-refractivity contribution in [3.63, 3.8) is 0 Å². The van der Waals surface area contributed by atoms with Crippen molar-refractivity contribution in [1.82, 2.24) is 15.3 Å². The second-order valence-corrected chi connectivity index (χ2v) is 7.84. The van der Waals surface area contributed by atoms with Crippen molar-refractivity contribution < 1.29 is 14.4 Å². The van der Waals surface area contributed by atoms with Crippen molar-refractivity contribution in [2.75, 3.05) is 33.8 Å². The van der Waals surface area contributed by atoms with Gasteiger partial charge in [0.2, 0.25) is 5.91 Å². The molecule has 6 heteroatoms. The Balaban J connectivity index is 2.58. The van der Waals surface area contributed by atoms with Gasteiger partial charge in [0.25, 0.3) is 5.91 Å². The number of unbranched alkanes of at least 4 members (excludes halogenated alkanes) is 2. The SMILES string of the molecule is C=C/C(=C\C=C/C)C(=O)N(C)CCON(C(=O)CCCCCNC)C1CCCCC1. The van der Waals surface area contributed by atoms with Crippen LogP contribution in [0, 0.1) is 0 Å².